The number of carbonyl (C=O) groups is 1. The van der Waals surface area contributed by atoms with E-state index in [4.69, 9.17) is 9.15 Å². The van der Waals surface area contributed by atoms with Crippen molar-refractivity contribution in [1.82, 2.24) is 0 Å². The average Bonchev–Trinajstić information content (AvgIpc) is 2.85. The lowest BCUT2D eigenvalue weighted by Crippen LogP contribution is -2.46. The molecule has 0 aromatic carbocycles. The molecule has 1 aromatic heterocycles. The first-order chi connectivity index (χ1) is 8.49. The van der Waals surface area contributed by atoms with Crippen LogP contribution in [0.2, 0.25) is 0 Å². The molecule has 1 saturated carbocycles. The van der Waals surface area contributed by atoms with E-state index in [0.717, 1.165) is 25.7 Å². The van der Waals surface area contributed by atoms with E-state index < -0.39 is 5.60 Å². The summed E-state index contributed by atoms with van der Waals surface area (Å²) in [5.74, 6) is 0.0774. The SMILES string of the molecule is CCOC1(C(=O)c2ccoc2)CCC(C)(C)CC1. The molecule has 100 valence electrons. The maximum Gasteiger partial charge on any atom is 0.197 e. The zero-order valence-electron chi connectivity index (χ0n) is 11.5. The fourth-order valence-electron chi connectivity index (χ4n) is 2.70. The Labute approximate surface area is 109 Å². The van der Waals surface area contributed by atoms with Crippen molar-refractivity contribution >= 4 is 5.78 Å². The van der Waals surface area contributed by atoms with Crippen LogP contribution >= 0.6 is 0 Å². The molecule has 2 rings (SSSR count). The van der Waals surface area contributed by atoms with Crippen molar-refractivity contribution in [2.45, 2.75) is 52.1 Å². The number of rotatable bonds is 4. The highest BCUT2D eigenvalue weighted by molar-refractivity contribution is 6.02. The van der Waals surface area contributed by atoms with E-state index in [1.165, 1.54) is 6.26 Å². The summed E-state index contributed by atoms with van der Waals surface area (Å²) in [6.45, 7) is 7.03. The molecule has 0 radical (unpaired) electrons. The highest BCUT2D eigenvalue weighted by atomic mass is 16.5. The smallest absolute Gasteiger partial charge is 0.197 e. The number of hydrogen-bond donors (Lipinski definition) is 0. The van der Waals surface area contributed by atoms with Crippen LogP contribution in [0.15, 0.2) is 23.0 Å². The van der Waals surface area contributed by atoms with Gasteiger partial charge in [-0.1, -0.05) is 13.8 Å². The molecule has 0 aliphatic heterocycles. The second-order valence-corrected chi connectivity index (χ2v) is 5.93. The summed E-state index contributed by atoms with van der Waals surface area (Å²) >= 11 is 0. The summed E-state index contributed by atoms with van der Waals surface area (Å²) in [6.07, 6.45) is 6.71. The summed E-state index contributed by atoms with van der Waals surface area (Å²) in [5, 5.41) is 0. The first-order valence-electron chi connectivity index (χ1n) is 6.70. The molecule has 0 saturated heterocycles. The lowest BCUT2D eigenvalue weighted by Gasteiger charge is -2.42. The summed E-state index contributed by atoms with van der Waals surface area (Å²) in [6, 6.07) is 1.73. The quantitative estimate of drug-likeness (QED) is 0.762. The number of hydrogen-bond acceptors (Lipinski definition) is 3. The van der Waals surface area contributed by atoms with E-state index in [0.29, 0.717) is 17.6 Å². The predicted molar refractivity (Wildman–Crippen MR) is 69.6 cm³/mol. The summed E-state index contributed by atoms with van der Waals surface area (Å²) in [7, 11) is 0. The van der Waals surface area contributed by atoms with Gasteiger partial charge in [0, 0.05) is 6.61 Å². The molecule has 0 amide bonds. The summed E-state index contributed by atoms with van der Waals surface area (Å²) in [5.41, 5.74) is 0.314. The molecule has 3 heteroatoms. The molecular weight excluding hydrogens is 228 g/mol. The van der Waals surface area contributed by atoms with Crippen molar-refractivity contribution in [3.63, 3.8) is 0 Å². The van der Waals surface area contributed by atoms with Gasteiger partial charge < -0.3 is 9.15 Å². The molecular formula is C15H22O3. The van der Waals surface area contributed by atoms with E-state index in [1.54, 1.807) is 12.3 Å². The fraction of sp³-hybridized carbons (Fsp3) is 0.667. The van der Waals surface area contributed by atoms with Crippen LogP contribution in [-0.4, -0.2) is 18.0 Å². The van der Waals surface area contributed by atoms with Gasteiger partial charge in [-0.15, -0.1) is 0 Å². The molecule has 0 unspecified atom stereocenters. The minimum absolute atomic E-state index is 0.0774. The second kappa shape index (κ2) is 4.88. The molecule has 0 N–H and O–H groups in total. The van der Waals surface area contributed by atoms with Crippen molar-refractivity contribution in [3.05, 3.63) is 24.2 Å². The minimum atomic E-state index is -0.631. The third-order valence-electron chi connectivity index (χ3n) is 4.03. The van der Waals surface area contributed by atoms with Gasteiger partial charge in [0.25, 0.3) is 0 Å². The van der Waals surface area contributed by atoms with Crippen LogP contribution in [0.25, 0.3) is 0 Å². The normalized spacial score (nSPS) is 21.7. The van der Waals surface area contributed by atoms with E-state index in [-0.39, 0.29) is 5.78 Å². The standard InChI is InChI=1S/C15H22O3/c1-4-18-15(8-6-14(2,3)7-9-15)13(16)12-5-10-17-11-12/h5,10-11H,4,6-9H2,1-3H3. The van der Waals surface area contributed by atoms with Crippen molar-refractivity contribution < 1.29 is 13.9 Å². The maximum absolute atomic E-state index is 12.6. The summed E-state index contributed by atoms with van der Waals surface area (Å²) < 4.78 is 10.9. The Morgan fingerprint density at radius 3 is 2.50 bits per heavy atom. The number of carbonyl (C=O) groups excluding carboxylic acids is 1. The Morgan fingerprint density at radius 1 is 1.33 bits per heavy atom. The highest BCUT2D eigenvalue weighted by Gasteiger charge is 2.45. The fourth-order valence-corrected chi connectivity index (χ4v) is 2.70. The number of ketones is 1. The molecule has 1 heterocycles. The van der Waals surface area contributed by atoms with E-state index >= 15 is 0 Å². The zero-order chi connectivity index (χ0) is 13.2. The van der Waals surface area contributed by atoms with Crippen LogP contribution in [-0.2, 0) is 4.74 Å². The van der Waals surface area contributed by atoms with Crippen molar-refractivity contribution in [2.24, 2.45) is 5.41 Å². The van der Waals surface area contributed by atoms with Gasteiger partial charge in [0.2, 0.25) is 0 Å². The van der Waals surface area contributed by atoms with Crippen LogP contribution in [0, 0.1) is 5.41 Å². The third-order valence-corrected chi connectivity index (χ3v) is 4.03. The van der Waals surface area contributed by atoms with E-state index in [2.05, 4.69) is 13.8 Å². The minimum Gasteiger partial charge on any atom is -0.472 e. The summed E-state index contributed by atoms with van der Waals surface area (Å²) in [4.78, 5) is 12.6. The van der Waals surface area contributed by atoms with Crippen molar-refractivity contribution in [2.75, 3.05) is 6.61 Å². The molecule has 1 aliphatic rings. The lowest BCUT2D eigenvalue weighted by molar-refractivity contribution is -0.0580. The molecule has 1 fully saturated rings. The molecule has 18 heavy (non-hydrogen) atoms. The number of ether oxygens (including phenoxy) is 1. The van der Waals surface area contributed by atoms with Gasteiger partial charge >= 0.3 is 0 Å². The topological polar surface area (TPSA) is 39.4 Å². The van der Waals surface area contributed by atoms with Gasteiger partial charge in [-0.2, -0.15) is 0 Å². The first-order valence-corrected chi connectivity index (χ1v) is 6.70. The van der Waals surface area contributed by atoms with Gasteiger partial charge in [0.1, 0.15) is 11.9 Å². The second-order valence-electron chi connectivity index (χ2n) is 5.93. The van der Waals surface area contributed by atoms with E-state index in [1.807, 2.05) is 6.92 Å². The maximum atomic E-state index is 12.6. The highest BCUT2D eigenvalue weighted by Crippen LogP contribution is 2.43. The number of Topliss-reactive ketones (excluding diaryl/α,β-unsaturated/α-hetero) is 1. The Hall–Kier alpha value is -1.09. The largest absolute Gasteiger partial charge is 0.472 e. The molecule has 3 nitrogen and oxygen atoms in total. The molecule has 1 aliphatic carbocycles. The molecule has 0 bridgehead atoms. The molecule has 1 aromatic rings. The lowest BCUT2D eigenvalue weighted by atomic mass is 9.69. The van der Waals surface area contributed by atoms with Crippen LogP contribution in [0.3, 0.4) is 0 Å². The van der Waals surface area contributed by atoms with Crippen LogP contribution in [0.5, 0.6) is 0 Å². The third kappa shape index (κ3) is 2.51. The Balaban J connectivity index is 2.20. The monoisotopic (exact) mass is 250 g/mol. The van der Waals surface area contributed by atoms with Gasteiger partial charge in [0.15, 0.2) is 5.78 Å². The van der Waals surface area contributed by atoms with Gasteiger partial charge in [0.05, 0.1) is 11.8 Å². The van der Waals surface area contributed by atoms with Crippen molar-refractivity contribution in [3.8, 4) is 0 Å². The molecule has 0 spiro atoms. The zero-order valence-corrected chi connectivity index (χ0v) is 11.5. The Kier molecular flexibility index (Phi) is 3.62. The van der Waals surface area contributed by atoms with E-state index in [9.17, 15) is 4.79 Å². The first kappa shape index (κ1) is 13.3. The van der Waals surface area contributed by atoms with Crippen LogP contribution in [0.1, 0.15) is 56.8 Å². The Morgan fingerprint density at radius 2 is 2.00 bits per heavy atom. The molecule has 0 atom stereocenters. The van der Waals surface area contributed by atoms with Gasteiger partial charge in [-0.25, -0.2) is 0 Å². The number of furan rings is 1. The van der Waals surface area contributed by atoms with Crippen molar-refractivity contribution in [1.29, 1.82) is 0 Å². The van der Waals surface area contributed by atoms with Gasteiger partial charge in [-0.05, 0) is 44.1 Å². The Bertz CT molecular complexity index is 393. The predicted octanol–water partition coefficient (Wildman–Crippen LogP) is 3.84. The average molecular weight is 250 g/mol. The van der Waals surface area contributed by atoms with Gasteiger partial charge in [-0.3, -0.25) is 4.79 Å². The van der Waals surface area contributed by atoms with Crippen LogP contribution < -0.4 is 0 Å². The van der Waals surface area contributed by atoms with Crippen LogP contribution in [0.4, 0.5) is 0 Å².